The Balaban J connectivity index is 1.64. The number of rotatable bonds is 5. The minimum absolute atomic E-state index is 0.0815. The monoisotopic (exact) mass is 369 g/mol. The molecule has 1 aliphatic rings. The standard InChI is InChI=1S/C20H24FN5O/c1-13(2)27-15-7-9-26-17(12-23-19(26)10-15)20-16(21)5-6-18(25-20)24-14-4-3-8-22-11-14/h5-7,9-10,12-14,22H,3-4,8,11H2,1-2H3,(H,24,25)/t14-/m0/s1. The molecule has 0 aliphatic carbocycles. The molecule has 6 nitrogen and oxygen atoms in total. The van der Waals surface area contributed by atoms with Gasteiger partial charge in [-0.1, -0.05) is 0 Å². The molecule has 0 spiro atoms. The van der Waals surface area contributed by atoms with Crippen molar-refractivity contribution >= 4 is 11.5 Å². The summed E-state index contributed by atoms with van der Waals surface area (Å²) in [5, 5.41) is 6.76. The molecule has 3 aromatic rings. The molecule has 1 saturated heterocycles. The Morgan fingerprint density at radius 1 is 1.33 bits per heavy atom. The zero-order chi connectivity index (χ0) is 18.8. The van der Waals surface area contributed by atoms with E-state index in [1.165, 1.54) is 6.07 Å². The van der Waals surface area contributed by atoms with Crippen molar-refractivity contribution in [3.05, 3.63) is 42.5 Å². The molecule has 27 heavy (non-hydrogen) atoms. The third-order valence-corrected chi connectivity index (χ3v) is 4.59. The number of ether oxygens (including phenoxy) is 1. The van der Waals surface area contributed by atoms with Crippen LogP contribution < -0.4 is 15.4 Å². The summed E-state index contributed by atoms with van der Waals surface area (Å²) >= 11 is 0. The van der Waals surface area contributed by atoms with Gasteiger partial charge in [-0.15, -0.1) is 0 Å². The molecule has 4 heterocycles. The van der Waals surface area contributed by atoms with Crippen LogP contribution in [0.2, 0.25) is 0 Å². The average molecular weight is 369 g/mol. The molecular weight excluding hydrogens is 345 g/mol. The lowest BCUT2D eigenvalue weighted by Crippen LogP contribution is -2.38. The van der Waals surface area contributed by atoms with Crippen LogP contribution in [-0.4, -0.2) is 39.6 Å². The van der Waals surface area contributed by atoms with E-state index in [-0.39, 0.29) is 17.6 Å². The predicted octanol–water partition coefficient (Wildman–Crippen LogP) is 3.49. The summed E-state index contributed by atoms with van der Waals surface area (Å²) in [4.78, 5) is 8.92. The maximum Gasteiger partial charge on any atom is 0.151 e. The Bertz CT molecular complexity index is 933. The Morgan fingerprint density at radius 2 is 2.22 bits per heavy atom. The second-order valence-electron chi connectivity index (χ2n) is 7.12. The molecule has 0 saturated carbocycles. The zero-order valence-electron chi connectivity index (χ0n) is 15.6. The summed E-state index contributed by atoms with van der Waals surface area (Å²) in [5.41, 5.74) is 1.59. The fourth-order valence-corrected chi connectivity index (χ4v) is 3.37. The highest BCUT2D eigenvalue weighted by molar-refractivity contribution is 5.63. The predicted molar refractivity (Wildman–Crippen MR) is 104 cm³/mol. The highest BCUT2D eigenvalue weighted by Crippen LogP contribution is 2.26. The first-order chi connectivity index (χ1) is 13.1. The first-order valence-corrected chi connectivity index (χ1v) is 9.38. The number of nitrogens with zero attached hydrogens (tertiary/aromatic N) is 3. The molecule has 0 amide bonds. The fraction of sp³-hybridized carbons (Fsp3) is 0.400. The van der Waals surface area contributed by atoms with Gasteiger partial charge in [0.15, 0.2) is 5.82 Å². The molecule has 4 rings (SSSR count). The second kappa shape index (κ2) is 7.52. The minimum Gasteiger partial charge on any atom is -0.491 e. The van der Waals surface area contributed by atoms with Crippen LogP contribution in [0.25, 0.3) is 17.0 Å². The van der Waals surface area contributed by atoms with Gasteiger partial charge in [-0.25, -0.2) is 14.4 Å². The van der Waals surface area contributed by atoms with E-state index in [9.17, 15) is 4.39 Å². The Morgan fingerprint density at radius 3 is 3.00 bits per heavy atom. The van der Waals surface area contributed by atoms with Crippen molar-refractivity contribution in [1.29, 1.82) is 0 Å². The number of anilines is 1. The van der Waals surface area contributed by atoms with Crippen molar-refractivity contribution in [2.75, 3.05) is 18.4 Å². The van der Waals surface area contributed by atoms with E-state index in [0.717, 1.165) is 31.7 Å². The molecule has 0 radical (unpaired) electrons. The van der Waals surface area contributed by atoms with Crippen LogP contribution in [0, 0.1) is 5.82 Å². The number of piperidine rings is 1. The lowest BCUT2D eigenvalue weighted by molar-refractivity contribution is 0.242. The summed E-state index contributed by atoms with van der Waals surface area (Å²) < 4.78 is 22.1. The number of halogens is 1. The van der Waals surface area contributed by atoms with E-state index in [1.807, 2.05) is 36.6 Å². The molecule has 0 aromatic carbocycles. The van der Waals surface area contributed by atoms with Gasteiger partial charge >= 0.3 is 0 Å². The van der Waals surface area contributed by atoms with Crippen molar-refractivity contribution in [3.8, 4) is 17.1 Å². The summed E-state index contributed by atoms with van der Waals surface area (Å²) in [7, 11) is 0. The van der Waals surface area contributed by atoms with Gasteiger partial charge in [-0.05, 0) is 51.4 Å². The van der Waals surface area contributed by atoms with Crippen molar-refractivity contribution in [3.63, 3.8) is 0 Å². The van der Waals surface area contributed by atoms with Gasteiger partial charge in [0.25, 0.3) is 0 Å². The molecule has 3 aromatic heterocycles. The van der Waals surface area contributed by atoms with E-state index >= 15 is 0 Å². The van der Waals surface area contributed by atoms with Gasteiger partial charge in [-0.3, -0.25) is 4.40 Å². The minimum atomic E-state index is -0.369. The Hall–Kier alpha value is -2.67. The maximum absolute atomic E-state index is 14.5. The highest BCUT2D eigenvalue weighted by Gasteiger charge is 2.17. The van der Waals surface area contributed by atoms with Gasteiger partial charge in [0, 0.05) is 24.8 Å². The van der Waals surface area contributed by atoms with Crippen molar-refractivity contribution in [2.24, 2.45) is 0 Å². The number of pyridine rings is 2. The van der Waals surface area contributed by atoms with E-state index in [4.69, 9.17) is 4.74 Å². The molecule has 2 N–H and O–H groups in total. The van der Waals surface area contributed by atoms with Crippen LogP contribution in [0.1, 0.15) is 26.7 Å². The van der Waals surface area contributed by atoms with Crippen LogP contribution in [0.3, 0.4) is 0 Å². The van der Waals surface area contributed by atoms with Gasteiger partial charge in [-0.2, -0.15) is 0 Å². The van der Waals surface area contributed by atoms with Crippen LogP contribution in [0.15, 0.2) is 36.7 Å². The van der Waals surface area contributed by atoms with E-state index in [1.54, 1.807) is 12.3 Å². The molecule has 1 aliphatic heterocycles. The maximum atomic E-state index is 14.5. The number of nitrogens with one attached hydrogen (secondary N) is 2. The summed E-state index contributed by atoms with van der Waals surface area (Å²) in [5.74, 6) is 1.05. The van der Waals surface area contributed by atoms with E-state index in [2.05, 4.69) is 20.6 Å². The average Bonchev–Trinajstić information content (AvgIpc) is 3.07. The van der Waals surface area contributed by atoms with Crippen LogP contribution in [0.4, 0.5) is 10.2 Å². The number of fused-ring (bicyclic) bond motifs is 1. The molecular formula is C20H24FN5O. The number of hydrogen-bond acceptors (Lipinski definition) is 5. The summed E-state index contributed by atoms with van der Waals surface area (Å²) in [6.07, 6.45) is 5.76. The van der Waals surface area contributed by atoms with Crippen LogP contribution in [-0.2, 0) is 0 Å². The SMILES string of the molecule is CC(C)Oc1ccn2c(-c3nc(N[C@H]4CCCNC4)ccc3F)cnc2c1. The lowest BCUT2D eigenvalue weighted by atomic mass is 10.1. The fourth-order valence-electron chi connectivity index (χ4n) is 3.37. The molecule has 0 unspecified atom stereocenters. The van der Waals surface area contributed by atoms with Crippen LogP contribution in [0.5, 0.6) is 5.75 Å². The lowest BCUT2D eigenvalue weighted by Gasteiger charge is -2.24. The molecule has 7 heteroatoms. The highest BCUT2D eigenvalue weighted by atomic mass is 19.1. The summed E-state index contributed by atoms with van der Waals surface area (Å²) in [6.45, 7) is 5.88. The molecule has 1 fully saturated rings. The quantitative estimate of drug-likeness (QED) is 0.721. The zero-order valence-corrected chi connectivity index (χ0v) is 15.6. The van der Waals surface area contributed by atoms with E-state index < -0.39 is 0 Å². The van der Waals surface area contributed by atoms with Crippen LogP contribution >= 0.6 is 0 Å². The van der Waals surface area contributed by atoms with Gasteiger partial charge in [0.05, 0.1) is 18.0 Å². The number of hydrogen-bond donors (Lipinski definition) is 2. The Kier molecular flexibility index (Phi) is 4.94. The smallest absolute Gasteiger partial charge is 0.151 e. The largest absolute Gasteiger partial charge is 0.491 e. The van der Waals surface area contributed by atoms with Crippen molar-refractivity contribution in [2.45, 2.75) is 38.8 Å². The molecule has 0 bridgehead atoms. The first kappa shape index (κ1) is 17.7. The number of aromatic nitrogens is 3. The van der Waals surface area contributed by atoms with Crippen molar-refractivity contribution < 1.29 is 9.13 Å². The molecule has 142 valence electrons. The summed E-state index contributed by atoms with van der Waals surface area (Å²) in [6, 6.07) is 7.15. The second-order valence-corrected chi connectivity index (χ2v) is 7.12. The van der Waals surface area contributed by atoms with Gasteiger partial charge in [0.2, 0.25) is 0 Å². The van der Waals surface area contributed by atoms with Crippen molar-refractivity contribution in [1.82, 2.24) is 19.7 Å². The van der Waals surface area contributed by atoms with E-state index in [0.29, 0.717) is 23.2 Å². The van der Waals surface area contributed by atoms with Gasteiger partial charge in [0.1, 0.15) is 22.9 Å². The topological polar surface area (TPSA) is 63.5 Å². The molecule has 1 atom stereocenters. The third kappa shape index (κ3) is 3.88. The Labute approximate surface area is 157 Å². The first-order valence-electron chi connectivity index (χ1n) is 9.38. The number of imidazole rings is 1. The van der Waals surface area contributed by atoms with Gasteiger partial charge < -0.3 is 15.4 Å². The third-order valence-electron chi connectivity index (χ3n) is 4.59. The normalized spacial score (nSPS) is 17.4.